The quantitative estimate of drug-likeness (QED) is 0.629. The molecule has 0 aliphatic heterocycles. The molecule has 1 aromatic heterocycles. The number of carbonyl (C=O) groups is 1. The highest BCUT2D eigenvalue weighted by atomic mass is 35.5. The number of benzene rings is 1. The number of nitrogens with one attached hydrogen (secondary N) is 1. The smallest absolute Gasteiger partial charge is 0.349 e. The molecule has 1 aliphatic carbocycles. The number of hydrogen-bond acceptors (Lipinski definition) is 3. The molecule has 0 bridgehead atoms. The van der Waals surface area contributed by atoms with Gasteiger partial charge in [-0.2, -0.15) is 0 Å². The molecule has 0 unspecified atom stereocenters. The van der Waals surface area contributed by atoms with Crippen molar-refractivity contribution < 1.29 is 9.21 Å². The van der Waals surface area contributed by atoms with E-state index in [-0.39, 0.29) is 16.2 Å². The fourth-order valence-corrected chi connectivity index (χ4v) is 3.43. The molecule has 0 spiro atoms. The molecule has 126 valence electrons. The molecule has 24 heavy (non-hydrogen) atoms. The Morgan fingerprint density at radius 2 is 2.04 bits per heavy atom. The Morgan fingerprint density at radius 3 is 2.79 bits per heavy atom. The van der Waals surface area contributed by atoms with Crippen molar-refractivity contribution in [2.45, 2.75) is 32.1 Å². The maximum Gasteiger partial charge on any atom is 0.349 e. The van der Waals surface area contributed by atoms with Crippen LogP contribution in [0.4, 0.5) is 0 Å². The predicted molar refractivity (Wildman–Crippen MR) is 96.0 cm³/mol. The number of amides is 1. The Balaban J connectivity index is 1.75. The minimum atomic E-state index is -0.707. The highest BCUT2D eigenvalue weighted by molar-refractivity contribution is 6.38. The first-order chi connectivity index (χ1) is 11.5. The summed E-state index contributed by atoms with van der Waals surface area (Å²) < 4.78 is 5.18. The minimum Gasteiger partial charge on any atom is -0.421 e. The second-order valence-electron chi connectivity index (χ2n) is 5.87. The van der Waals surface area contributed by atoms with Gasteiger partial charge in [-0.15, -0.1) is 0 Å². The molecule has 0 saturated carbocycles. The first-order valence-corrected chi connectivity index (χ1v) is 8.69. The molecule has 0 atom stereocenters. The molecular formula is C18H17Cl2NO3. The zero-order chi connectivity index (χ0) is 17.1. The Labute approximate surface area is 149 Å². The lowest BCUT2D eigenvalue weighted by Gasteiger charge is -2.12. The Hall–Kier alpha value is -1.78. The normalized spacial score (nSPS) is 14.5. The number of allylic oxidation sites excluding steroid dienone is 1. The molecule has 1 aliphatic rings. The van der Waals surface area contributed by atoms with Crippen molar-refractivity contribution in [1.82, 2.24) is 5.32 Å². The molecule has 0 saturated heterocycles. The van der Waals surface area contributed by atoms with Gasteiger partial charge >= 0.3 is 5.63 Å². The van der Waals surface area contributed by atoms with Gasteiger partial charge in [0.15, 0.2) is 5.58 Å². The van der Waals surface area contributed by atoms with Crippen molar-refractivity contribution in [2.75, 3.05) is 6.54 Å². The van der Waals surface area contributed by atoms with E-state index in [0.717, 1.165) is 19.3 Å². The third kappa shape index (κ3) is 3.82. The first kappa shape index (κ1) is 17.1. The van der Waals surface area contributed by atoms with E-state index in [2.05, 4.69) is 11.4 Å². The molecule has 1 N–H and O–H groups in total. The summed E-state index contributed by atoms with van der Waals surface area (Å²) in [5, 5.41) is 3.95. The van der Waals surface area contributed by atoms with Crippen LogP contribution in [0.3, 0.4) is 0 Å². The van der Waals surface area contributed by atoms with Gasteiger partial charge in [0.2, 0.25) is 0 Å². The van der Waals surface area contributed by atoms with Gasteiger partial charge in [-0.3, -0.25) is 4.79 Å². The number of hydrogen-bond donors (Lipinski definition) is 1. The number of rotatable bonds is 4. The molecule has 2 aromatic rings. The van der Waals surface area contributed by atoms with E-state index < -0.39 is 11.5 Å². The van der Waals surface area contributed by atoms with Crippen LogP contribution >= 0.6 is 23.2 Å². The maximum absolute atomic E-state index is 12.3. The van der Waals surface area contributed by atoms with Gasteiger partial charge in [-0.25, -0.2) is 4.79 Å². The molecule has 6 heteroatoms. The predicted octanol–water partition coefficient (Wildman–Crippen LogP) is 4.72. The summed E-state index contributed by atoms with van der Waals surface area (Å²) in [6.45, 7) is 0.498. The molecule has 3 rings (SSSR count). The average Bonchev–Trinajstić information content (AvgIpc) is 2.56. The Bertz CT molecular complexity index is 870. The molecule has 1 amide bonds. The van der Waals surface area contributed by atoms with E-state index in [0.29, 0.717) is 17.0 Å². The molecule has 4 nitrogen and oxygen atoms in total. The standard InChI is InChI=1S/C18H17Cl2NO3/c19-13-8-12-9-14(18(23)24-16(12)15(20)10-13)17(22)21-7-6-11-4-2-1-3-5-11/h4,8-10H,1-3,5-7H2,(H,21,22). The van der Waals surface area contributed by atoms with Crippen LogP contribution in [0.2, 0.25) is 10.0 Å². The van der Waals surface area contributed by atoms with Crippen LogP contribution < -0.4 is 10.9 Å². The minimum absolute atomic E-state index is 0.0431. The lowest BCUT2D eigenvalue weighted by molar-refractivity contribution is 0.0950. The summed E-state index contributed by atoms with van der Waals surface area (Å²) in [4.78, 5) is 24.3. The Kier molecular flexibility index (Phi) is 5.27. The molecule has 1 aromatic carbocycles. The maximum atomic E-state index is 12.3. The summed E-state index contributed by atoms with van der Waals surface area (Å²) in [7, 11) is 0. The van der Waals surface area contributed by atoms with Crippen molar-refractivity contribution >= 4 is 40.1 Å². The third-order valence-electron chi connectivity index (χ3n) is 4.11. The van der Waals surface area contributed by atoms with Crippen LogP contribution in [0.5, 0.6) is 0 Å². The van der Waals surface area contributed by atoms with Crippen LogP contribution in [-0.4, -0.2) is 12.5 Å². The summed E-state index contributed by atoms with van der Waals surface area (Å²) in [5.41, 5.74) is 0.847. The fraction of sp³-hybridized carbons (Fsp3) is 0.333. The number of fused-ring (bicyclic) bond motifs is 1. The SMILES string of the molecule is O=C(NCCC1=CCCCC1)c1cc2cc(Cl)cc(Cl)c2oc1=O. The fourth-order valence-electron chi connectivity index (χ4n) is 2.88. The molecule has 0 fully saturated rings. The van der Waals surface area contributed by atoms with E-state index in [4.69, 9.17) is 27.6 Å². The summed E-state index contributed by atoms with van der Waals surface area (Å²) in [6.07, 6.45) is 7.69. The highest BCUT2D eigenvalue weighted by Crippen LogP contribution is 2.27. The largest absolute Gasteiger partial charge is 0.421 e. The van der Waals surface area contributed by atoms with Crippen molar-refractivity contribution in [2.24, 2.45) is 0 Å². The van der Waals surface area contributed by atoms with Crippen molar-refractivity contribution in [3.63, 3.8) is 0 Å². The van der Waals surface area contributed by atoms with Gasteiger partial charge in [0, 0.05) is 17.0 Å². The second kappa shape index (κ2) is 7.41. The van der Waals surface area contributed by atoms with Crippen LogP contribution in [-0.2, 0) is 0 Å². The monoisotopic (exact) mass is 365 g/mol. The topological polar surface area (TPSA) is 59.3 Å². The van der Waals surface area contributed by atoms with E-state index in [1.54, 1.807) is 6.07 Å². The summed E-state index contributed by atoms with van der Waals surface area (Å²) in [5.74, 6) is -0.446. The van der Waals surface area contributed by atoms with E-state index in [1.807, 2.05) is 0 Å². The summed E-state index contributed by atoms with van der Waals surface area (Å²) in [6, 6.07) is 4.56. The van der Waals surface area contributed by atoms with Crippen molar-refractivity contribution in [3.8, 4) is 0 Å². The van der Waals surface area contributed by atoms with Crippen LogP contribution in [0.15, 0.2) is 39.1 Å². The lowest BCUT2D eigenvalue weighted by Crippen LogP contribution is -2.29. The summed E-state index contributed by atoms with van der Waals surface area (Å²) >= 11 is 12.0. The second-order valence-corrected chi connectivity index (χ2v) is 6.71. The molecular weight excluding hydrogens is 349 g/mol. The zero-order valence-corrected chi connectivity index (χ0v) is 14.5. The van der Waals surface area contributed by atoms with E-state index >= 15 is 0 Å². The third-order valence-corrected chi connectivity index (χ3v) is 4.61. The van der Waals surface area contributed by atoms with Crippen LogP contribution in [0, 0.1) is 0 Å². The first-order valence-electron chi connectivity index (χ1n) is 7.93. The molecule has 1 heterocycles. The molecule has 0 radical (unpaired) electrons. The highest BCUT2D eigenvalue weighted by Gasteiger charge is 2.15. The van der Waals surface area contributed by atoms with Crippen LogP contribution in [0.1, 0.15) is 42.5 Å². The van der Waals surface area contributed by atoms with Gasteiger partial charge in [-0.05, 0) is 50.3 Å². The van der Waals surface area contributed by atoms with Gasteiger partial charge in [0.05, 0.1) is 5.02 Å². The van der Waals surface area contributed by atoms with Gasteiger partial charge in [-0.1, -0.05) is 34.9 Å². The number of halogens is 2. The Morgan fingerprint density at radius 1 is 1.21 bits per heavy atom. The van der Waals surface area contributed by atoms with Gasteiger partial charge in [0.1, 0.15) is 5.56 Å². The zero-order valence-electron chi connectivity index (χ0n) is 13.0. The van der Waals surface area contributed by atoms with E-state index in [1.165, 1.54) is 30.5 Å². The van der Waals surface area contributed by atoms with Gasteiger partial charge < -0.3 is 9.73 Å². The lowest BCUT2D eigenvalue weighted by atomic mass is 9.97. The van der Waals surface area contributed by atoms with Crippen molar-refractivity contribution in [3.05, 3.63) is 55.9 Å². The van der Waals surface area contributed by atoms with Gasteiger partial charge in [0.25, 0.3) is 5.91 Å². The average molecular weight is 366 g/mol. The van der Waals surface area contributed by atoms with Crippen molar-refractivity contribution in [1.29, 1.82) is 0 Å². The van der Waals surface area contributed by atoms with E-state index in [9.17, 15) is 9.59 Å². The number of carbonyl (C=O) groups excluding carboxylic acids is 1. The van der Waals surface area contributed by atoms with Crippen LogP contribution in [0.25, 0.3) is 11.0 Å².